The average molecular weight is 246 g/mol. The second-order valence-corrected chi connectivity index (χ2v) is 4.88. The summed E-state index contributed by atoms with van der Waals surface area (Å²) in [6.45, 7) is -0.266. The number of aliphatic hydroxyl groups is 1. The fraction of sp³-hybridized carbons (Fsp3) is 0.692. The number of halogens is 3. The van der Waals surface area contributed by atoms with E-state index in [9.17, 15) is 13.2 Å². The van der Waals surface area contributed by atoms with E-state index in [1.165, 1.54) is 0 Å². The zero-order valence-corrected chi connectivity index (χ0v) is 9.69. The van der Waals surface area contributed by atoms with E-state index < -0.39 is 11.7 Å². The van der Waals surface area contributed by atoms with Crippen LogP contribution in [-0.4, -0.2) is 17.9 Å². The van der Waals surface area contributed by atoms with Gasteiger partial charge in [-0.05, 0) is 43.3 Å². The van der Waals surface area contributed by atoms with Crippen molar-refractivity contribution in [3.05, 3.63) is 22.8 Å². The predicted octanol–water partition coefficient (Wildman–Crippen LogP) is 3.75. The maximum absolute atomic E-state index is 13.0. The minimum Gasteiger partial charge on any atom is -0.392 e. The van der Waals surface area contributed by atoms with E-state index in [1.807, 2.05) is 0 Å². The average Bonchev–Trinajstić information content (AvgIpc) is 2.80. The molecule has 0 aromatic carbocycles. The molecule has 0 aromatic heterocycles. The molecule has 0 unspecified atom stereocenters. The highest BCUT2D eigenvalue weighted by molar-refractivity contribution is 5.38. The van der Waals surface area contributed by atoms with Crippen molar-refractivity contribution in [2.75, 3.05) is 6.61 Å². The summed E-state index contributed by atoms with van der Waals surface area (Å²) in [6, 6.07) is 0. The normalized spacial score (nSPS) is 23.2. The third kappa shape index (κ3) is 2.73. The minimum absolute atomic E-state index is 0.114. The summed E-state index contributed by atoms with van der Waals surface area (Å²) < 4.78 is 38.9. The highest BCUT2D eigenvalue weighted by atomic mass is 19.4. The van der Waals surface area contributed by atoms with E-state index in [2.05, 4.69) is 0 Å². The third-order valence-corrected chi connectivity index (χ3v) is 3.77. The van der Waals surface area contributed by atoms with E-state index in [0.717, 1.165) is 31.8 Å². The summed E-state index contributed by atoms with van der Waals surface area (Å²) in [7, 11) is 0. The summed E-state index contributed by atoms with van der Waals surface area (Å²) >= 11 is 0. The first-order chi connectivity index (χ1) is 8.02. The Hall–Kier alpha value is -0.770. The van der Waals surface area contributed by atoms with Crippen molar-refractivity contribution in [2.24, 2.45) is 5.92 Å². The molecule has 96 valence electrons. The van der Waals surface area contributed by atoms with Crippen LogP contribution < -0.4 is 0 Å². The standard InChI is InChI=1S/C13H17F3O/c14-13(15,16)12-7-9(8-17)5-6-11(12)10-3-1-2-4-10/h7,10,17H,1-6,8H2. The van der Waals surface area contributed by atoms with Crippen LogP contribution in [0.15, 0.2) is 22.8 Å². The Bertz CT molecular complexity index is 346. The molecular formula is C13H17F3O. The first-order valence-corrected chi connectivity index (χ1v) is 6.13. The number of hydrogen-bond acceptors (Lipinski definition) is 1. The summed E-state index contributed by atoms with van der Waals surface area (Å²) in [6.07, 6.45) is 1.77. The Balaban J connectivity index is 2.34. The van der Waals surface area contributed by atoms with Gasteiger partial charge in [-0.25, -0.2) is 0 Å². The van der Waals surface area contributed by atoms with Crippen molar-refractivity contribution in [1.29, 1.82) is 0 Å². The molecule has 4 heteroatoms. The topological polar surface area (TPSA) is 20.2 Å². The molecule has 0 amide bonds. The zero-order chi connectivity index (χ0) is 12.5. The summed E-state index contributed by atoms with van der Waals surface area (Å²) in [5.74, 6) is 0.114. The number of alkyl halides is 3. The van der Waals surface area contributed by atoms with Gasteiger partial charge in [0, 0.05) is 0 Å². The van der Waals surface area contributed by atoms with E-state index in [4.69, 9.17) is 5.11 Å². The molecule has 0 bridgehead atoms. The van der Waals surface area contributed by atoms with Crippen LogP contribution in [0.3, 0.4) is 0 Å². The van der Waals surface area contributed by atoms with Gasteiger partial charge in [0.25, 0.3) is 0 Å². The van der Waals surface area contributed by atoms with Crippen LogP contribution in [0.4, 0.5) is 13.2 Å². The van der Waals surface area contributed by atoms with Crippen LogP contribution in [0, 0.1) is 5.92 Å². The van der Waals surface area contributed by atoms with Crippen LogP contribution in [0.5, 0.6) is 0 Å². The summed E-state index contributed by atoms with van der Waals surface area (Å²) in [5, 5.41) is 8.97. The molecule has 0 saturated heterocycles. The van der Waals surface area contributed by atoms with Crippen molar-refractivity contribution in [1.82, 2.24) is 0 Å². The maximum atomic E-state index is 13.0. The lowest BCUT2D eigenvalue weighted by atomic mass is 9.83. The SMILES string of the molecule is OCC1=CC(C(F)(F)F)=C(C2CCCC2)CC1. The van der Waals surface area contributed by atoms with Crippen molar-refractivity contribution in [2.45, 2.75) is 44.7 Å². The molecule has 0 heterocycles. The van der Waals surface area contributed by atoms with Crippen LogP contribution in [0.1, 0.15) is 38.5 Å². The maximum Gasteiger partial charge on any atom is 0.416 e. The van der Waals surface area contributed by atoms with Crippen molar-refractivity contribution in [3.63, 3.8) is 0 Å². The second-order valence-electron chi connectivity index (χ2n) is 4.88. The number of allylic oxidation sites excluding steroid dienone is 3. The Morgan fingerprint density at radius 2 is 1.82 bits per heavy atom. The van der Waals surface area contributed by atoms with Crippen LogP contribution in [0.2, 0.25) is 0 Å². The monoisotopic (exact) mass is 246 g/mol. The zero-order valence-electron chi connectivity index (χ0n) is 9.69. The molecule has 2 rings (SSSR count). The Morgan fingerprint density at radius 3 is 2.35 bits per heavy atom. The highest BCUT2D eigenvalue weighted by Gasteiger charge is 2.38. The Morgan fingerprint density at radius 1 is 1.18 bits per heavy atom. The largest absolute Gasteiger partial charge is 0.416 e. The number of aliphatic hydroxyl groups excluding tert-OH is 1. The lowest BCUT2D eigenvalue weighted by molar-refractivity contribution is -0.0899. The molecule has 0 atom stereocenters. The molecule has 1 fully saturated rings. The van der Waals surface area contributed by atoms with Gasteiger partial charge in [0.15, 0.2) is 0 Å². The summed E-state index contributed by atoms with van der Waals surface area (Å²) in [5.41, 5.74) is 0.589. The van der Waals surface area contributed by atoms with Gasteiger partial charge in [0.05, 0.1) is 12.2 Å². The van der Waals surface area contributed by atoms with Crippen LogP contribution in [0.25, 0.3) is 0 Å². The van der Waals surface area contributed by atoms with E-state index in [-0.39, 0.29) is 12.5 Å². The fourth-order valence-electron chi connectivity index (χ4n) is 2.89. The Labute approximate surface area is 99.0 Å². The molecular weight excluding hydrogens is 229 g/mol. The van der Waals surface area contributed by atoms with E-state index >= 15 is 0 Å². The third-order valence-electron chi connectivity index (χ3n) is 3.77. The molecule has 0 aliphatic heterocycles. The highest BCUT2D eigenvalue weighted by Crippen LogP contribution is 2.43. The van der Waals surface area contributed by atoms with Crippen molar-refractivity contribution < 1.29 is 18.3 Å². The lowest BCUT2D eigenvalue weighted by Gasteiger charge is -2.25. The van der Waals surface area contributed by atoms with Gasteiger partial charge in [-0.1, -0.05) is 18.4 Å². The number of rotatable bonds is 2. The molecule has 1 N–H and O–H groups in total. The van der Waals surface area contributed by atoms with Gasteiger partial charge in [0.1, 0.15) is 0 Å². The van der Waals surface area contributed by atoms with Crippen molar-refractivity contribution in [3.8, 4) is 0 Å². The molecule has 1 saturated carbocycles. The van der Waals surface area contributed by atoms with Gasteiger partial charge in [-0.15, -0.1) is 0 Å². The van der Waals surface area contributed by atoms with Gasteiger partial charge in [-0.3, -0.25) is 0 Å². The van der Waals surface area contributed by atoms with Gasteiger partial charge in [0.2, 0.25) is 0 Å². The molecule has 0 spiro atoms. The first kappa shape index (κ1) is 12.7. The van der Waals surface area contributed by atoms with Crippen LogP contribution >= 0.6 is 0 Å². The van der Waals surface area contributed by atoms with E-state index in [0.29, 0.717) is 24.0 Å². The summed E-state index contributed by atoms with van der Waals surface area (Å²) in [4.78, 5) is 0. The molecule has 0 radical (unpaired) electrons. The Kier molecular flexibility index (Phi) is 3.61. The first-order valence-electron chi connectivity index (χ1n) is 6.13. The quantitative estimate of drug-likeness (QED) is 0.786. The fourth-order valence-corrected chi connectivity index (χ4v) is 2.89. The van der Waals surface area contributed by atoms with Gasteiger partial charge >= 0.3 is 6.18 Å². The predicted molar refractivity (Wildman–Crippen MR) is 59.4 cm³/mol. The molecule has 2 aliphatic carbocycles. The van der Waals surface area contributed by atoms with Gasteiger partial charge in [-0.2, -0.15) is 13.2 Å². The van der Waals surface area contributed by atoms with E-state index in [1.54, 1.807) is 0 Å². The van der Waals surface area contributed by atoms with Gasteiger partial charge < -0.3 is 5.11 Å². The lowest BCUT2D eigenvalue weighted by Crippen LogP contribution is -2.19. The number of hydrogen-bond donors (Lipinski definition) is 1. The molecule has 1 nitrogen and oxygen atoms in total. The second kappa shape index (κ2) is 4.84. The molecule has 0 aromatic rings. The van der Waals surface area contributed by atoms with Crippen molar-refractivity contribution >= 4 is 0 Å². The smallest absolute Gasteiger partial charge is 0.392 e. The molecule has 17 heavy (non-hydrogen) atoms. The van der Waals surface area contributed by atoms with Crippen LogP contribution in [-0.2, 0) is 0 Å². The minimum atomic E-state index is -4.28. The molecule has 2 aliphatic rings.